The minimum atomic E-state index is -1.03. The second-order valence-corrected chi connectivity index (χ2v) is 6.99. The van der Waals surface area contributed by atoms with Crippen molar-refractivity contribution in [2.75, 3.05) is 4.90 Å². The number of barbiturate groups is 1. The number of imide groups is 2. The second kappa shape index (κ2) is 7.49. The van der Waals surface area contributed by atoms with Gasteiger partial charge in [-0.3, -0.25) is 19.7 Å². The first-order valence-electron chi connectivity index (χ1n) is 8.82. The lowest BCUT2D eigenvalue weighted by Crippen LogP contribution is -2.54. The first-order valence-corrected chi connectivity index (χ1v) is 9.19. The smallest absolute Gasteiger partial charge is 0.335 e. The number of carbonyl (C=O) groups is 4. The third kappa shape index (κ3) is 3.44. The number of halogens is 1. The van der Waals surface area contributed by atoms with E-state index in [4.69, 9.17) is 16.7 Å². The van der Waals surface area contributed by atoms with Crippen LogP contribution >= 0.6 is 11.6 Å². The minimum Gasteiger partial charge on any atom is -0.480 e. The molecule has 3 aromatic rings. The van der Waals surface area contributed by atoms with Gasteiger partial charge in [0.1, 0.15) is 12.1 Å². The molecular weight excluding hydrogens is 410 g/mol. The molecule has 2 aromatic carbocycles. The predicted molar refractivity (Wildman–Crippen MR) is 110 cm³/mol. The molecule has 2 heterocycles. The predicted octanol–water partition coefficient (Wildman–Crippen LogP) is 3.05. The van der Waals surface area contributed by atoms with Gasteiger partial charge in [-0.2, -0.15) is 0 Å². The molecule has 150 valence electrons. The van der Waals surface area contributed by atoms with E-state index in [0.717, 1.165) is 4.90 Å². The van der Waals surface area contributed by atoms with E-state index in [-0.39, 0.29) is 17.8 Å². The normalized spacial score (nSPS) is 15.7. The van der Waals surface area contributed by atoms with Gasteiger partial charge in [0.15, 0.2) is 0 Å². The molecule has 4 amide bonds. The highest BCUT2D eigenvalue weighted by Gasteiger charge is 2.37. The Labute approximate surface area is 175 Å². The van der Waals surface area contributed by atoms with Gasteiger partial charge in [-0.15, -0.1) is 0 Å². The average molecular weight is 424 g/mol. The van der Waals surface area contributed by atoms with E-state index in [0.29, 0.717) is 21.5 Å². The molecule has 0 aliphatic carbocycles. The molecule has 2 N–H and O–H groups in total. The molecular formula is C21H14ClN3O5. The number of anilines is 1. The van der Waals surface area contributed by atoms with Crippen LogP contribution in [0.2, 0.25) is 5.02 Å². The van der Waals surface area contributed by atoms with Crippen molar-refractivity contribution in [2.45, 2.75) is 6.54 Å². The number of urea groups is 1. The molecule has 0 atom stereocenters. The lowest BCUT2D eigenvalue weighted by molar-refractivity contribution is -0.137. The zero-order valence-electron chi connectivity index (χ0n) is 15.3. The Balaban J connectivity index is 1.80. The zero-order chi connectivity index (χ0) is 21.4. The van der Waals surface area contributed by atoms with Crippen molar-refractivity contribution >= 4 is 58.1 Å². The number of nitrogens with one attached hydrogen (secondary N) is 1. The highest BCUT2D eigenvalue weighted by molar-refractivity contribution is 6.39. The van der Waals surface area contributed by atoms with Crippen LogP contribution in [0.1, 0.15) is 5.56 Å². The number of carboxylic acids is 1. The lowest BCUT2D eigenvalue weighted by Gasteiger charge is -2.26. The maximum atomic E-state index is 13.0. The van der Waals surface area contributed by atoms with Gasteiger partial charge in [0.2, 0.25) is 0 Å². The van der Waals surface area contributed by atoms with Crippen LogP contribution in [-0.4, -0.2) is 33.5 Å². The molecule has 0 unspecified atom stereocenters. The van der Waals surface area contributed by atoms with E-state index in [1.807, 2.05) is 0 Å². The van der Waals surface area contributed by atoms with E-state index in [9.17, 15) is 19.2 Å². The van der Waals surface area contributed by atoms with Crippen molar-refractivity contribution in [3.8, 4) is 0 Å². The largest absolute Gasteiger partial charge is 0.480 e. The highest BCUT2D eigenvalue weighted by Crippen LogP contribution is 2.27. The maximum Gasteiger partial charge on any atom is 0.335 e. The molecule has 8 nitrogen and oxygen atoms in total. The molecule has 1 aromatic heterocycles. The topological polar surface area (TPSA) is 109 Å². The number of hydrogen-bond donors (Lipinski definition) is 2. The zero-order valence-corrected chi connectivity index (χ0v) is 16.1. The molecule has 1 fully saturated rings. The Morgan fingerprint density at radius 1 is 1.07 bits per heavy atom. The number of para-hydroxylation sites is 1. The summed E-state index contributed by atoms with van der Waals surface area (Å²) in [4.78, 5) is 49.7. The second-order valence-electron chi connectivity index (χ2n) is 6.56. The van der Waals surface area contributed by atoms with Crippen LogP contribution in [0.4, 0.5) is 10.5 Å². The van der Waals surface area contributed by atoms with Crippen LogP contribution < -0.4 is 10.2 Å². The Bertz CT molecular complexity index is 1240. The van der Waals surface area contributed by atoms with Crippen LogP contribution in [-0.2, 0) is 20.9 Å². The van der Waals surface area contributed by atoms with E-state index >= 15 is 0 Å². The summed E-state index contributed by atoms with van der Waals surface area (Å²) in [6, 6.07) is 12.2. The first kappa shape index (κ1) is 19.4. The van der Waals surface area contributed by atoms with Crippen molar-refractivity contribution in [1.82, 2.24) is 9.88 Å². The quantitative estimate of drug-likeness (QED) is 0.495. The third-order valence-electron chi connectivity index (χ3n) is 4.61. The van der Waals surface area contributed by atoms with Gasteiger partial charge in [0.25, 0.3) is 11.8 Å². The molecule has 1 aliphatic heterocycles. The summed E-state index contributed by atoms with van der Waals surface area (Å²) in [6.45, 7) is -0.279. The number of amides is 4. The number of fused-ring (bicyclic) bond motifs is 1. The number of nitrogens with zero attached hydrogens (tertiary/aromatic N) is 2. The standard InChI is InChI=1S/C21H14ClN3O5/c22-13-5-7-14(8-6-13)25-20(29)16(19(28)23-21(25)30)9-12-10-24(11-18(26)27)17-4-2-1-3-15(12)17/h1-10H,11H2,(H,26,27)(H,23,28,30)/b16-9-. The van der Waals surface area contributed by atoms with Crippen LogP contribution in [0, 0.1) is 0 Å². The monoisotopic (exact) mass is 423 g/mol. The van der Waals surface area contributed by atoms with Crippen molar-refractivity contribution in [3.05, 3.63) is 70.9 Å². The van der Waals surface area contributed by atoms with Crippen molar-refractivity contribution < 1.29 is 24.3 Å². The summed E-state index contributed by atoms with van der Waals surface area (Å²) in [5.74, 6) is -2.65. The number of carbonyl (C=O) groups excluding carboxylic acids is 3. The number of carboxylic acid groups (broad SMARTS) is 1. The molecule has 30 heavy (non-hydrogen) atoms. The molecule has 1 saturated heterocycles. The van der Waals surface area contributed by atoms with Gasteiger partial charge in [-0.25, -0.2) is 9.69 Å². The minimum absolute atomic E-state index is 0.247. The van der Waals surface area contributed by atoms with Crippen LogP contribution in [0.5, 0.6) is 0 Å². The van der Waals surface area contributed by atoms with Gasteiger partial charge in [0.05, 0.1) is 5.69 Å². The van der Waals surface area contributed by atoms with Crippen LogP contribution in [0.3, 0.4) is 0 Å². The Morgan fingerprint density at radius 3 is 2.47 bits per heavy atom. The summed E-state index contributed by atoms with van der Waals surface area (Å²) in [6.07, 6.45) is 2.91. The number of hydrogen-bond acceptors (Lipinski definition) is 4. The molecule has 0 radical (unpaired) electrons. The molecule has 0 spiro atoms. The van der Waals surface area contributed by atoms with Crippen LogP contribution in [0.15, 0.2) is 60.3 Å². The van der Waals surface area contributed by atoms with E-state index in [2.05, 4.69) is 5.32 Å². The van der Waals surface area contributed by atoms with Gasteiger partial charge in [0, 0.05) is 27.7 Å². The number of benzene rings is 2. The number of aliphatic carboxylic acids is 1. The highest BCUT2D eigenvalue weighted by atomic mass is 35.5. The van der Waals surface area contributed by atoms with E-state index in [1.165, 1.54) is 34.9 Å². The summed E-state index contributed by atoms with van der Waals surface area (Å²) < 4.78 is 1.51. The fourth-order valence-corrected chi connectivity index (χ4v) is 3.43. The molecule has 9 heteroatoms. The van der Waals surface area contributed by atoms with Crippen LogP contribution in [0.25, 0.3) is 17.0 Å². The maximum absolute atomic E-state index is 13.0. The average Bonchev–Trinajstić information content (AvgIpc) is 3.03. The van der Waals surface area contributed by atoms with Crippen molar-refractivity contribution in [3.63, 3.8) is 0 Å². The lowest BCUT2D eigenvalue weighted by atomic mass is 10.1. The molecule has 0 bridgehead atoms. The summed E-state index contributed by atoms with van der Waals surface area (Å²) >= 11 is 5.86. The van der Waals surface area contributed by atoms with Gasteiger partial charge >= 0.3 is 12.0 Å². The van der Waals surface area contributed by atoms with Crippen molar-refractivity contribution in [1.29, 1.82) is 0 Å². The Kier molecular flexibility index (Phi) is 4.85. The summed E-state index contributed by atoms with van der Waals surface area (Å²) in [5, 5.41) is 12.4. The molecule has 1 aliphatic rings. The number of rotatable bonds is 4. The molecule has 4 rings (SSSR count). The van der Waals surface area contributed by atoms with Gasteiger partial charge < -0.3 is 9.67 Å². The summed E-state index contributed by atoms with van der Waals surface area (Å²) in [5.41, 5.74) is 1.13. The van der Waals surface area contributed by atoms with Crippen molar-refractivity contribution in [2.24, 2.45) is 0 Å². The Hall–Kier alpha value is -3.91. The van der Waals surface area contributed by atoms with Gasteiger partial charge in [-0.05, 0) is 36.4 Å². The summed E-state index contributed by atoms with van der Waals surface area (Å²) in [7, 11) is 0. The first-order chi connectivity index (χ1) is 14.3. The van der Waals surface area contributed by atoms with Gasteiger partial charge in [-0.1, -0.05) is 29.8 Å². The van der Waals surface area contributed by atoms with E-state index in [1.54, 1.807) is 30.5 Å². The van der Waals surface area contributed by atoms with E-state index < -0.39 is 23.8 Å². The SMILES string of the molecule is O=C(O)Cn1cc(/C=C2/C(=O)NC(=O)N(c3ccc(Cl)cc3)C2=O)c2ccccc21. The fourth-order valence-electron chi connectivity index (χ4n) is 3.30. The molecule has 0 saturated carbocycles. The number of aromatic nitrogens is 1. The fraction of sp³-hybridized carbons (Fsp3) is 0.0476. The Morgan fingerprint density at radius 2 is 1.77 bits per heavy atom. The third-order valence-corrected chi connectivity index (χ3v) is 4.86.